The summed E-state index contributed by atoms with van der Waals surface area (Å²) in [5, 5.41) is 0. The first-order valence-corrected chi connectivity index (χ1v) is 4.70. The third-order valence-electron chi connectivity index (χ3n) is 2.35. The fraction of sp³-hybridized carbons (Fsp3) is 0.455. The maximum Gasteiger partial charge on any atom is 0.164 e. The van der Waals surface area contributed by atoms with Gasteiger partial charge in [-0.3, -0.25) is 0 Å². The van der Waals surface area contributed by atoms with E-state index in [1.54, 1.807) is 13.8 Å². The van der Waals surface area contributed by atoms with E-state index in [0.29, 0.717) is 0 Å². The van der Waals surface area contributed by atoms with Crippen LogP contribution in [0.5, 0.6) is 0 Å². The zero-order valence-electron chi connectivity index (χ0n) is 8.78. The van der Waals surface area contributed by atoms with Gasteiger partial charge in [0.25, 0.3) is 0 Å². The van der Waals surface area contributed by atoms with Crippen molar-refractivity contribution in [3.05, 3.63) is 35.1 Å². The Balaban J connectivity index is 3.09. The summed E-state index contributed by atoms with van der Waals surface area (Å²) in [5.74, 6) is -2.87. The van der Waals surface area contributed by atoms with E-state index >= 15 is 0 Å². The van der Waals surface area contributed by atoms with E-state index in [-0.39, 0.29) is 18.5 Å². The second-order valence-corrected chi connectivity index (χ2v) is 4.37. The van der Waals surface area contributed by atoms with E-state index < -0.39 is 22.9 Å². The zero-order valence-corrected chi connectivity index (χ0v) is 8.78. The van der Waals surface area contributed by atoms with Crippen molar-refractivity contribution >= 4 is 0 Å². The van der Waals surface area contributed by atoms with Gasteiger partial charge in [-0.1, -0.05) is 13.8 Å². The van der Waals surface area contributed by atoms with Crippen LogP contribution in [0.4, 0.5) is 13.2 Å². The number of rotatable bonds is 3. The Morgan fingerprint density at radius 3 is 2.20 bits per heavy atom. The molecule has 0 aliphatic rings. The highest BCUT2D eigenvalue weighted by Gasteiger charge is 2.22. The van der Waals surface area contributed by atoms with Crippen molar-refractivity contribution in [2.24, 2.45) is 11.1 Å². The summed E-state index contributed by atoms with van der Waals surface area (Å²) in [5.41, 5.74) is 4.77. The molecule has 0 aliphatic carbocycles. The summed E-state index contributed by atoms with van der Waals surface area (Å²) in [7, 11) is 0. The fourth-order valence-corrected chi connectivity index (χ4v) is 1.28. The number of hydrogen-bond acceptors (Lipinski definition) is 1. The van der Waals surface area contributed by atoms with Crippen LogP contribution in [-0.2, 0) is 6.42 Å². The van der Waals surface area contributed by atoms with E-state index in [1.165, 1.54) is 0 Å². The van der Waals surface area contributed by atoms with Crippen LogP contribution in [0.25, 0.3) is 0 Å². The molecule has 0 aliphatic heterocycles. The second-order valence-electron chi connectivity index (χ2n) is 4.37. The average Bonchev–Trinajstić information content (AvgIpc) is 2.19. The highest BCUT2D eigenvalue weighted by atomic mass is 19.2. The topological polar surface area (TPSA) is 26.0 Å². The lowest BCUT2D eigenvalue weighted by atomic mass is 9.85. The summed E-state index contributed by atoms with van der Waals surface area (Å²) < 4.78 is 39.4. The van der Waals surface area contributed by atoms with Crippen molar-refractivity contribution in [1.82, 2.24) is 0 Å². The molecule has 15 heavy (non-hydrogen) atoms. The van der Waals surface area contributed by atoms with Crippen LogP contribution in [-0.4, -0.2) is 6.54 Å². The first-order chi connectivity index (χ1) is 6.87. The van der Waals surface area contributed by atoms with Crippen LogP contribution in [0.3, 0.4) is 0 Å². The molecular formula is C11H14F3N. The molecule has 0 unspecified atom stereocenters. The second kappa shape index (κ2) is 4.23. The van der Waals surface area contributed by atoms with Crippen molar-refractivity contribution in [3.8, 4) is 0 Å². The first kappa shape index (κ1) is 12.0. The minimum Gasteiger partial charge on any atom is -0.330 e. The Hall–Kier alpha value is -1.03. The van der Waals surface area contributed by atoms with Gasteiger partial charge >= 0.3 is 0 Å². The molecule has 0 saturated heterocycles. The Kier molecular flexibility index (Phi) is 3.39. The number of hydrogen-bond donors (Lipinski definition) is 1. The number of halogens is 3. The SMILES string of the molecule is CC(C)(CN)Cc1c(F)ccc(F)c1F. The van der Waals surface area contributed by atoms with Crippen LogP contribution in [0.15, 0.2) is 12.1 Å². The van der Waals surface area contributed by atoms with Gasteiger partial charge in [-0.25, -0.2) is 13.2 Å². The maximum atomic E-state index is 13.3. The van der Waals surface area contributed by atoms with Crippen LogP contribution in [0, 0.1) is 22.9 Å². The summed E-state index contributed by atoms with van der Waals surface area (Å²) in [6.45, 7) is 3.83. The van der Waals surface area contributed by atoms with E-state index in [4.69, 9.17) is 5.73 Å². The molecular weight excluding hydrogens is 203 g/mol. The zero-order chi connectivity index (χ0) is 11.6. The summed E-state index contributed by atoms with van der Waals surface area (Å²) in [6, 6.07) is 1.71. The van der Waals surface area contributed by atoms with Gasteiger partial charge in [-0.2, -0.15) is 0 Å². The van der Waals surface area contributed by atoms with Crippen molar-refractivity contribution < 1.29 is 13.2 Å². The molecule has 1 nitrogen and oxygen atoms in total. The Bertz CT molecular complexity index is 361. The first-order valence-electron chi connectivity index (χ1n) is 4.70. The van der Waals surface area contributed by atoms with Gasteiger partial charge < -0.3 is 5.73 Å². The van der Waals surface area contributed by atoms with Gasteiger partial charge in [-0.15, -0.1) is 0 Å². The molecule has 0 bridgehead atoms. The van der Waals surface area contributed by atoms with Crippen LogP contribution >= 0.6 is 0 Å². The molecule has 1 rings (SSSR count). The molecule has 1 aromatic carbocycles. The molecule has 0 saturated carbocycles. The van der Waals surface area contributed by atoms with Crippen LogP contribution < -0.4 is 5.73 Å². The van der Waals surface area contributed by atoms with Crippen molar-refractivity contribution in [3.63, 3.8) is 0 Å². The van der Waals surface area contributed by atoms with Crippen molar-refractivity contribution in [2.75, 3.05) is 6.54 Å². The van der Waals surface area contributed by atoms with Gasteiger partial charge in [0.1, 0.15) is 5.82 Å². The Morgan fingerprint density at radius 2 is 1.67 bits per heavy atom. The maximum absolute atomic E-state index is 13.3. The van der Waals surface area contributed by atoms with Gasteiger partial charge in [0.05, 0.1) is 0 Å². The Morgan fingerprint density at radius 1 is 1.13 bits per heavy atom. The molecule has 0 radical (unpaired) electrons. The minimum atomic E-state index is -1.11. The molecule has 84 valence electrons. The molecule has 4 heteroatoms. The smallest absolute Gasteiger partial charge is 0.164 e. The van der Waals surface area contributed by atoms with E-state index in [9.17, 15) is 13.2 Å². The van der Waals surface area contributed by atoms with Gasteiger partial charge in [0.15, 0.2) is 11.6 Å². The lowest BCUT2D eigenvalue weighted by Gasteiger charge is -2.22. The molecule has 1 aromatic rings. The monoisotopic (exact) mass is 217 g/mol. The lowest BCUT2D eigenvalue weighted by molar-refractivity contribution is 0.356. The van der Waals surface area contributed by atoms with E-state index in [0.717, 1.165) is 12.1 Å². The molecule has 0 aromatic heterocycles. The lowest BCUT2D eigenvalue weighted by Crippen LogP contribution is -2.27. The third kappa shape index (κ3) is 2.72. The molecule has 0 spiro atoms. The highest BCUT2D eigenvalue weighted by molar-refractivity contribution is 5.22. The van der Waals surface area contributed by atoms with Crippen LogP contribution in [0.1, 0.15) is 19.4 Å². The Labute approximate surface area is 87.1 Å². The minimum absolute atomic E-state index is 0.0823. The summed E-state index contributed by atoms with van der Waals surface area (Å²) >= 11 is 0. The standard InChI is InChI=1S/C11H14F3N/c1-11(2,6-15)5-7-8(12)3-4-9(13)10(7)14/h3-4H,5-6,15H2,1-2H3. The summed E-state index contributed by atoms with van der Waals surface area (Å²) in [4.78, 5) is 0. The third-order valence-corrected chi connectivity index (χ3v) is 2.35. The normalized spacial score (nSPS) is 11.9. The highest BCUT2D eigenvalue weighted by Crippen LogP contribution is 2.25. The van der Waals surface area contributed by atoms with Gasteiger partial charge in [0.2, 0.25) is 0 Å². The number of benzene rings is 1. The van der Waals surface area contributed by atoms with Gasteiger partial charge in [0, 0.05) is 5.56 Å². The van der Waals surface area contributed by atoms with Crippen molar-refractivity contribution in [2.45, 2.75) is 20.3 Å². The fourth-order valence-electron chi connectivity index (χ4n) is 1.28. The summed E-state index contributed by atoms with van der Waals surface area (Å²) in [6.07, 6.45) is 0.0823. The van der Waals surface area contributed by atoms with Crippen LogP contribution in [0.2, 0.25) is 0 Å². The number of nitrogens with two attached hydrogens (primary N) is 1. The van der Waals surface area contributed by atoms with Crippen molar-refractivity contribution in [1.29, 1.82) is 0 Å². The quantitative estimate of drug-likeness (QED) is 0.774. The van der Waals surface area contributed by atoms with E-state index in [1.807, 2.05) is 0 Å². The average molecular weight is 217 g/mol. The molecule has 0 fully saturated rings. The van der Waals surface area contributed by atoms with E-state index in [2.05, 4.69) is 0 Å². The molecule has 0 atom stereocenters. The predicted molar refractivity (Wildman–Crippen MR) is 52.9 cm³/mol. The largest absolute Gasteiger partial charge is 0.330 e. The van der Waals surface area contributed by atoms with Gasteiger partial charge in [-0.05, 0) is 30.5 Å². The predicted octanol–water partition coefficient (Wildman–Crippen LogP) is 2.63. The molecule has 0 amide bonds. The molecule has 2 N–H and O–H groups in total. The molecule has 0 heterocycles.